The van der Waals surface area contributed by atoms with Gasteiger partial charge in [-0.2, -0.15) is 0 Å². The van der Waals surface area contributed by atoms with E-state index >= 15 is 0 Å². The molecule has 0 spiro atoms. The molecule has 0 aliphatic carbocycles. The normalized spacial score (nSPS) is 14.9. The summed E-state index contributed by atoms with van der Waals surface area (Å²) < 4.78 is 23.2. The highest BCUT2D eigenvalue weighted by molar-refractivity contribution is 7.90. The number of pyridine rings is 1. The molecule has 8 nitrogen and oxygen atoms in total. The summed E-state index contributed by atoms with van der Waals surface area (Å²) in [6.07, 6.45) is 3.03. The van der Waals surface area contributed by atoms with E-state index in [2.05, 4.69) is 20.5 Å². The number of piperidine rings is 1. The average Bonchev–Trinajstić information content (AvgIpc) is 2.77. The highest BCUT2D eigenvalue weighted by Crippen LogP contribution is 2.24. The van der Waals surface area contributed by atoms with Gasteiger partial charge in [0.15, 0.2) is 9.84 Å². The lowest BCUT2D eigenvalue weighted by Crippen LogP contribution is -2.39. The van der Waals surface area contributed by atoms with Crippen LogP contribution in [0.2, 0.25) is 0 Å². The van der Waals surface area contributed by atoms with E-state index < -0.39 is 9.84 Å². The number of nitrogens with one attached hydrogen (secondary N) is 2. The Balaban J connectivity index is 1.50. The number of sulfone groups is 1. The summed E-state index contributed by atoms with van der Waals surface area (Å²) in [5, 5.41) is 5.71. The van der Waals surface area contributed by atoms with Crippen molar-refractivity contribution >= 4 is 27.3 Å². The maximum atomic E-state index is 12.5. The van der Waals surface area contributed by atoms with Crippen LogP contribution in [0, 0.1) is 5.92 Å². The predicted molar refractivity (Wildman–Crippen MR) is 124 cm³/mol. The maximum absolute atomic E-state index is 12.5. The van der Waals surface area contributed by atoms with Gasteiger partial charge in [-0.25, -0.2) is 13.4 Å². The molecule has 0 saturated carbocycles. The van der Waals surface area contributed by atoms with E-state index in [9.17, 15) is 18.0 Å². The first-order chi connectivity index (χ1) is 15.1. The first kappa shape index (κ1) is 23.7. The Labute approximate surface area is 189 Å². The van der Waals surface area contributed by atoms with Gasteiger partial charge in [0.05, 0.1) is 4.90 Å². The van der Waals surface area contributed by atoms with Crippen molar-refractivity contribution in [1.82, 2.24) is 15.6 Å². The van der Waals surface area contributed by atoms with Crippen molar-refractivity contribution in [1.29, 1.82) is 0 Å². The van der Waals surface area contributed by atoms with Gasteiger partial charge in [-0.05, 0) is 69.0 Å². The first-order valence-corrected chi connectivity index (χ1v) is 12.6. The zero-order chi connectivity index (χ0) is 23.3. The first-order valence-electron chi connectivity index (χ1n) is 10.7. The molecule has 1 aliphatic rings. The summed E-state index contributed by atoms with van der Waals surface area (Å²) >= 11 is 0. The van der Waals surface area contributed by atoms with Crippen molar-refractivity contribution in [2.45, 2.75) is 37.6 Å². The standard InChI is InChI=1S/C23H30N4O4S/c1-16(2)25-23(29)21-6-4-5-20(26-21)22(28)24-15-17-11-13-27(14-12-17)18-7-9-19(10-8-18)32(3,30)31/h4-10,16-17H,11-15H2,1-3H3,(H,24,28)(H,25,29). The van der Waals surface area contributed by atoms with Crippen LogP contribution in [0.5, 0.6) is 0 Å². The molecule has 0 atom stereocenters. The smallest absolute Gasteiger partial charge is 0.270 e. The number of aromatic nitrogens is 1. The molecule has 1 aromatic heterocycles. The molecular formula is C23H30N4O4S. The van der Waals surface area contributed by atoms with Gasteiger partial charge in [0.25, 0.3) is 11.8 Å². The number of carbonyl (C=O) groups excluding carboxylic acids is 2. The predicted octanol–water partition coefficient (Wildman–Crippen LogP) is 2.27. The fraction of sp³-hybridized carbons (Fsp3) is 0.435. The van der Waals surface area contributed by atoms with Gasteiger partial charge in [-0.3, -0.25) is 9.59 Å². The number of amides is 2. The van der Waals surface area contributed by atoms with E-state index in [0.717, 1.165) is 31.6 Å². The topological polar surface area (TPSA) is 108 Å². The second kappa shape index (κ2) is 10.1. The number of hydrogen-bond acceptors (Lipinski definition) is 6. The lowest BCUT2D eigenvalue weighted by molar-refractivity contribution is 0.0934. The second-order valence-corrected chi connectivity index (χ2v) is 10.5. The average molecular weight is 459 g/mol. The van der Waals surface area contributed by atoms with Gasteiger partial charge in [0, 0.05) is 37.6 Å². The highest BCUT2D eigenvalue weighted by Gasteiger charge is 2.21. The summed E-state index contributed by atoms with van der Waals surface area (Å²) in [6, 6.07) is 11.8. The molecule has 9 heteroatoms. The van der Waals surface area contributed by atoms with Crippen molar-refractivity contribution in [3.05, 3.63) is 53.9 Å². The lowest BCUT2D eigenvalue weighted by Gasteiger charge is -2.33. The zero-order valence-corrected chi connectivity index (χ0v) is 19.5. The molecule has 0 unspecified atom stereocenters. The van der Waals surface area contributed by atoms with Crippen molar-refractivity contribution < 1.29 is 18.0 Å². The molecule has 2 aromatic rings. The van der Waals surface area contributed by atoms with Crippen LogP contribution in [-0.2, 0) is 9.84 Å². The SMILES string of the molecule is CC(C)NC(=O)c1cccc(C(=O)NCC2CCN(c3ccc(S(C)(=O)=O)cc3)CC2)n1. The molecule has 32 heavy (non-hydrogen) atoms. The minimum Gasteiger partial charge on any atom is -0.372 e. The number of carbonyl (C=O) groups is 2. The molecule has 2 heterocycles. The van der Waals surface area contributed by atoms with Crippen LogP contribution in [0.25, 0.3) is 0 Å². The van der Waals surface area contributed by atoms with Crippen molar-refractivity contribution in [2.24, 2.45) is 5.92 Å². The summed E-state index contributed by atoms with van der Waals surface area (Å²) in [5.41, 5.74) is 1.45. The highest BCUT2D eigenvalue weighted by atomic mass is 32.2. The van der Waals surface area contributed by atoms with Crippen LogP contribution in [0.3, 0.4) is 0 Å². The van der Waals surface area contributed by atoms with E-state index in [1.807, 2.05) is 26.0 Å². The second-order valence-electron chi connectivity index (χ2n) is 8.44. The summed E-state index contributed by atoms with van der Waals surface area (Å²) in [7, 11) is -3.20. The fourth-order valence-corrected chi connectivity index (χ4v) is 4.28. The van der Waals surface area contributed by atoms with Gasteiger partial charge in [-0.1, -0.05) is 6.07 Å². The van der Waals surface area contributed by atoms with Gasteiger partial charge in [0.2, 0.25) is 0 Å². The Kier molecular flexibility index (Phi) is 7.50. The molecule has 2 amide bonds. The lowest BCUT2D eigenvalue weighted by atomic mass is 9.96. The molecule has 0 radical (unpaired) electrons. The number of hydrogen-bond donors (Lipinski definition) is 2. The van der Waals surface area contributed by atoms with E-state index in [-0.39, 0.29) is 29.2 Å². The van der Waals surface area contributed by atoms with E-state index in [1.54, 1.807) is 30.3 Å². The van der Waals surface area contributed by atoms with Crippen LogP contribution in [0.15, 0.2) is 47.4 Å². The van der Waals surface area contributed by atoms with E-state index in [1.165, 1.54) is 6.26 Å². The minimum atomic E-state index is -3.20. The van der Waals surface area contributed by atoms with Crippen molar-refractivity contribution in [3.8, 4) is 0 Å². The molecule has 1 saturated heterocycles. The zero-order valence-electron chi connectivity index (χ0n) is 18.7. The van der Waals surface area contributed by atoms with Crippen LogP contribution in [-0.4, -0.2) is 57.1 Å². The monoisotopic (exact) mass is 458 g/mol. The minimum absolute atomic E-state index is 0.00901. The van der Waals surface area contributed by atoms with Crippen LogP contribution >= 0.6 is 0 Å². The molecule has 2 N–H and O–H groups in total. The molecular weight excluding hydrogens is 428 g/mol. The summed E-state index contributed by atoms with van der Waals surface area (Å²) in [5.74, 6) is -0.243. The third-order valence-corrected chi connectivity index (χ3v) is 6.56. The molecule has 1 aliphatic heterocycles. The molecule has 0 bridgehead atoms. The Hall–Kier alpha value is -2.94. The van der Waals surface area contributed by atoms with Crippen LogP contribution < -0.4 is 15.5 Å². The van der Waals surface area contributed by atoms with Crippen molar-refractivity contribution in [3.63, 3.8) is 0 Å². The fourth-order valence-electron chi connectivity index (χ4n) is 3.65. The largest absolute Gasteiger partial charge is 0.372 e. The van der Waals surface area contributed by atoms with Crippen LogP contribution in [0.4, 0.5) is 5.69 Å². The van der Waals surface area contributed by atoms with Gasteiger partial charge >= 0.3 is 0 Å². The summed E-state index contributed by atoms with van der Waals surface area (Å²) in [6.45, 7) is 5.95. The van der Waals surface area contributed by atoms with E-state index in [4.69, 9.17) is 0 Å². The maximum Gasteiger partial charge on any atom is 0.270 e. The summed E-state index contributed by atoms with van der Waals surface area (Å²) in [4.78, 5) is 31.4. The number of benzene rings is 1. The Morgan fingerprint density at radius 3 is 2.19 bits per heavy atom. The third kappa shape index (κ3) is 6.29. The molecule has 1 fully saturated rings. The van der Waals surface area contributed by atoms with E-state index in [0.29, 0.717) is 17.4 Å². The number of anilines is 1. The molecule has 172 valence electrons. The Bertz CT molecular complexity index is 1060. The molecule has 1 aromatic carbocycles. The van der Waals surface area contributed by atoms with Crippen LogP contribution in [0.1, 0.15) is 47.7 Å². The quantitative estimate of drug-likeness (QED) is 0.659. The number of nitrogens with zero attached hydrogens (tertiary/aromatic N) is 2. The van der Waals surface area contributed by atoms with Gasteiger partial charge in [0.1, 0.15) is 11.4 Å². The van der Waals surface area contributed by atoms with Gasteiger partial charge < -0.3 is 15.5 Å². The van der Waals surface area contributed by atoms with Crippen molar-refractivity contribution in [2.75, 3.05) is 30.8 Å². The van der Waals surface area contributed by atoms with Gasteiger partial charge in [-0.15, -0.1) is 0 Å². The third-order valence-electron chi connectivity index (χ3n) is 5.43. The Morgan fingerprint density at radius 1 is 1.03 bits per heavy atom. The molecule has 3 rings (SSSR count). The Morgan fingerprint density at radius 2 is 1.62 bits per heavy atom. The number of rotatable bonds is 7.